The predicted molar refractivity (Wildman–Crippen MR) is 75.2 cm³/mol. The highest BCUT2D eigenvalue weighted by molar-refractivity contribution is 6.42. The number of aliphatic carboxylic acids is 1. The highest BCUT2D eigenvalue weighted by Gasteiger charge is 2.34. The summed E-state index contributed by atoms with van der Waals surface area (Å²) in [7, 11) is 0. The van der Waals surface area contributed by atoms with Gasteiger partial charge in [-0.25, -0.2) is 4.98 Å². The van der Waals surface area contributed by atoms with E-state index < -0.39 is 18.1 Å². The van der Waals surface area contributed by atoms with Crippen molar-refractivity contribution in [2.75, 3.05) is 0 Å². The Morgan fingerprint density at radius 2 is 2.20 bits per heavy atom. The number of carboxylic acid groups (broad SMARTS) is 1. The predicted octanol–water partition coefficient (Wildman–Crippen LogP) is 2.40. The van der Waals surface area contributed by atoms with Gasteiger partial charge in [-0.05, 0) is 11.6 Å². The second kappa shape index (κ2) is 5.09. The van der Waals surface area contributed by atoms with Gasteiger partial charge in [0.25, 0.3) is 0 Å². The third-order valence-electron chi connectivity index (χ3n) is 3.39. The molecule has 0 fully saturated rings. The summed E-state index contributed by atoms with van der Waals surface area (Å²) in [5, 5.41) is 13.1. The number of halogens is 2. The summed E-state index contributed by atoms with van der Waals surface area (Å²) in [5.41, 5.74) is 2.28. The van der Waals surface area contributed by atoms with Gasteiger partial charge < -0.3 is 10.1 Å². The summed E-state index contributed by atoms with van der Waals surface area (Å²) in [6.07, 6.45) is 1.92. The second-order valence-electron chi connectivity index (χ2n) is 4.60. The molecule has 0 saturated carbocycles. The van der Waals surface area contributed by atoms with E-state index in [0.717, 1.165) is 17.0 Å². The van der Waals surface area contributed by atoms with Gasteiger partial charge in [-0.3, -0.25) is 10.1 Å². The van der Waals surface area contributed by atoms with Crippen LogP contribution in [-0.2, 0) is 11.2 Å². The van der Waals surface area contributed by atoms with Crippen molar-refractivity contribution < 1.29 is 9.90 Å². The van der Waals surface area contributed by atoms with Crippen molar-refractivity contribution in [1.82, 2.24) is 15.3 Å². The van der Waals surface area contributed by atoms with Crippen molar-refractivity contribution >= 4 is 29.2 Å². The molecule has 0 spiro atoms. The number of hydrogen-bond donors (Lipinski definition) is 3. The monoisotopic (exact) mass is 311 g/mol. The Hall–Kier alpha value is -1.56. The Balaban J connectivity index is 2.09. The molecule has 1 aromatic heterocycles. The molecular weight excluding hydrogens is 301 g/mol. The molecule has 0 amide bonds. The average Bonchev–Trinajstić information content (AvgIpc) is 2.89. The van der Waals surface area contributed by atoms with E-state index in [0.29, 0.717) is 16.5 Å². The minimum Gasteiger partial charge on any atom is -0.480 e. The van der Waals surface area contributed by atoms with Gasteiger partial charge in [-0.2, -0.15) is 0 Å². The Labute approximate surface area is 124 Å². The molecule has 0 bridgehead atoms. The van der Waals surface area contributed by atoms with E-state index in [1.54, 1.807) is 18.5 Å². The molecule has 2 atom stereocenters. The molecule has 20 heavy (non-hydrogen) atoms. The molecule has 3 N–H and O–H groups in total. The Morgan fingerprint density at radius 3 is 2.95 bits per heavy atom. The molecule has 0 radical (unpaired) electrons. The Kier molecular flexibility index (Phi) is 3.41. The lowest BCUT2D eigenvalue weighted by molar-refractivity contribution is -0.139. The lowest BCUT2D eigenvalue weighted by atomic mass is 9.94. The number of carbonyl (C=O) groups is 1. The van der Waals surface area contributed by atoms with Crippen LogP contribution in [0.3, 0.4) is 0 Å². The van der Waals surface area contributed by atoms with Crippen LogP contribution >= 0.6 is 23.2 Å². The molecule has 3 rings (SSSR count). The second-order valence-corrected chi connectivity index (χ2v) is 5.39. The summed E-state index contributed by atoms with van der Waals surface area (Å²) in [4.78, 5) is 18.5. The van der Waals surface area contributed by atoms with E-state index in [-0.39, 0.29) is 0 Å². The quantitative estimate of drug-likeness (QED) is 0.796. The molecule has 1 aliphatic heterocycles. The fourth-order valence-electron chi connectivity index (χ4n) is 2.43. The van der Waals surface area contributed by atoms with Crippen molar-refractivity contribution in [2.45, 2.75) is 18.5 Å². The van der Waals surface area contributed by atoms with Gasteiger partial charge in [0.05, 0.1) is 28.1 Å². The standard InChI is InChI=1S/C13H11Cl2N3O2/c14-7-3-1-2-6(10(7)15)11-12-8(16-5-17-12)4-9(18-11)13(19)20/h1-3,5,9,11,18H,4H2,(H,16,17)(H,19,20)/t9-,11+/m0/s1. The van der Waals surface area contributed by atoms with Gasteiger partial charge >= 0.3 is 5.97 Å². The smallest absolute Gasteiger partial charge is 0.321 e. The lowest BCUT2D eigenvalue weighted by Gasteiger charge is -2.28. The minimum atomic E-state index is -0.909. The number of imidazole rings is 1. The Morgan fingerprint density at radius 1 is 1.40 bits per heavy atom. The van der Waals surface area contributed by atoms with Crippen LogP contribution in [0.25, 0.3) is 0 Å². The first kappa shape index (κ1) is 13.4. The highest BCUT2D eigenvalue weighted by Crippen LogP contribution is 2.35. The fraction of sp³-hybridized carbons (Fsp3) is 0.231. The van der Waals surface area contributed by atoms with Crippen molar-refractivity contribution in [1.29, 1.82) is 0 Å². The summed E-state index contributed by atoms with van der Waals surface area (Å²) >= 11 is 12.3. The number of aromatic nitrogens is 2. The summed E-state index contributed by atoms with van der Waals surface area (Å²) < 4.78 is 0. The van der Waals surface area contributed by atoms with Crippen molar-refractivity contribution in [3.05, 3.63) is 51.5 Å². The highest BCUT2D eigenvalue weighted by atomic mass is 35.5. The van der Waals surface area contributed by atoms with Crippen LogP contribution in [0.2, 0.25) is 10.0 Å². The average molecular weight is 312 g/mol. The number of nitrogens with one attached hydrogen (secondary N) is 2. The maximum Gasteiger partial charge on any atom is 0.321 e. The van der Waals surface area contributed by atoms with Crippen LogP contribution in [0.1, 0.15) is 23.0 Å². The Bertz CT molecular complexity index is 671. The van der Waals surface area contributed by atoms with Crippen molar-refractivity contribution in [3.8, 4) is 0 Å². The topological polar surface area (TPSA) is 78.0 Å². The molecule has 0 unspecified atom stereocenters. The SMILES string of the molecule is O=C(O)[C@@H]1Cc2[nH]cnc2[C@@H](c2cccc(Cl)c2Cl)N1. The van der Waals surface area contributed by atoms with Crippen LogP contribution in [0.4, 0.5) is 0 Å². The number of fused-ring (bicyclic) bond motifs is 1. The molecule has 2 aromatic rings. The van der Waals surface area contributed by atoms with Crippen LogP contribution in [0, 0.1) is 0 Å². The van der Waals surface area contributed by atoms with Crippen LogP contribution in [0.5, 0.6) is 0 Å². The summed E-state index contributed by atoms with van der Waals surface area (Å²) in [6.45, 7) is 0. The number of aromatic amines is 1. The van der Waals surface area contributed by atoms with E-state index >= 15 is 0 Å². The van der Waals surface area contributed by atoms with Gasteiger partial charge in [0.15, 0.2) is 0 Å². The van der Waals surface area contributed by atoms with Crippen molar-refractivity contribution in [3.63, 3.8) is 0 Å². The van der Waals surface area contributed by atoms with Crippen molar-refractivity contribution in [2.24, 2.45) is 0 Å². The lowest BCUT2D eigenvalue weighted by Crippen LogP contribution is -2.45. The molecular formula is C13H11Cl2N3O2. The zero-order valence-corrected chi connectivity index (χ0v) is 11.7. The van der Waals surface area contributed by atoms with Crippen LogP contribution in [-0.4, -0.2) is 27.1 Å². The normalized spacial score (nSPS) is 21.5. The van der Waals surface area contributed by atoms with Gasteiger partial charge in [0.1, 0.15) is 6.04 Å². The van der Waals surface area contributed by atoms with Crippen LogP contribution in [0.15, 0.2) is 24.5 Å². The molecule has 1 aromatic carbocycles. The molecule has 0 aliphatic carbocycles. The van der Waals surface area contributed by atoms with Gasteiger partial charge in [-0.15, -0.1) is 0 Å². The third kappa shape index (κ3) is 2.18. The van der Waals surface area contributed by atoms with E-state index in [4.69, 9.17) is 23.2 Å². The number of benzene rings is 1. The number of hydrogen-bond acceptors (Lipinski definition) is 3. The molecule has 104 valence electrons. The van der Waals surface area contributed by atoms with E-state index in [1.165, 1.54) is 0 Å². The molecule has 0 saturated heterocycles. The third-order valence-corrected chi connectivity index (χ3v) is 4.23. The largest absolute Gasteiger partial charge is 0.480 e. The summed E-state index contributed by atoms with van der Waals surface area (Å²) in [5.74, 6) is -0.909. The molecule has 7 heteroatoms. The first-order valence-corrected chi connectivity index (χ1v) is 6.78. The van der Waals surface area contributed by atoms with Gasteiger partial charge in [0, 0.05) is 12.1 Å². The molecule has 5 nitrogen and oxygen atoms in total. The first-order chi connectivity index (χ1) is 9.58. The molecule has 2 heterocycles. The number of rotatable bonds is 2. The van der Waals surface area contributed by atoms with E-state index in [1.807, 2.05) is 6.07 Å². The zero-order chi connectivity index (χ0) is 14.3. The molecule has 1 aliphatic rings. The number of H-pyrrole nitrogens is 1. The number of nitrogens with zero attached hydrogens (tertiary/aromatic N) is 1. The van der Waals surface area contributed by atoms with Crippen LogP contribution < -0.4 is 5.32 Å². The number of carboxylic acids is 1. The van der Waals surface area contributed by atoms with Gasteiger partial charge in [0.2, 0.25) is 0 Å². The van der Waals surface area contributed by atoms with E-state index in [9.17, 15) is 9.90 Å². The fourth-order valence-corrected chi connectivity index (χ4v) is 2.84. The maximum atomic E-state index is 11.3. The summed E-state index contributed by atoms with van der Waals surface area (Å²) in [6, 6.07) is 4.20. The first-order valence-electron chi connectivity index (χ1n) is 6.03. The van der Waals surface area contributed by atoms with Gasteiger partial charge in [-0.1, -0.05) is 35.3 Å². The maximum absolute atomic E-state index is 11.3. The minimum absolute atomic E-state index is 0.360. The zero-order valence-electron chi connectivity index (χ0n) is 10.2. The van der Waals surface area contributed by atoms with E-state index in [2.05, 4.69) is 15.3 Å².